The summed E-state index contributed by atoms with van der Waals surface area (Å²) < 4.78 is 0. The molecule has 1 amide bonds. The van der Waals surface area contributed by atoms with Crippen molar-refractivity contribution in [2.24, 2.45) is 0 Å². The van der Waals surface area contributed by atoms with E-state index in [1.165, 1.54) is 9.75 Å². The summed E-state index contributed by atoms with van der Waals surface area (Å²) in [7, 11) is 0. The van der Waals surface area contributed by atoms with Gasteiger partial charge in [0.05, 0.1) is 6.04 Å². The summed E-state index contributed by atoms with van der Waals surface area (Å²) in [6, 6.07) is 14.0. The van der Waals surface area contributed by atoms with Crippen molar-refractivity contribution in [3.05, 3.63) is 57.8 Å². The van der Waals surface area contributed by atoms with E-state index < -0.39 is 0 Å². The molecule has 1 aromatic carbocycles. The molecular formula is C18H23NO2S. The third-order valence-corrected chi connectivity index (χ3v) is 4.64. The first kappa shape index (κ1) is 16.7. The molecule has 2 rings (SSSR count). The summed E-state index contributed by atoms with van der Waals surface area (Å²) in [4.78, 5) is 14.8. The quantitative estimate of drug-likeness (QED) is 0.781. The summed E-state index contributed by atoms with van der Waals surface area (Å²) in [5.74, 6) is 0.0515. The number of benzene rings is 1. The molecule has 118 valence electrons. The number of hydrogen-bond acceptors (Lipinski definition) is 3. The molecule has 0 aliphatic heterocycles. The maximum Gasteiger partial charge on any atom is 0.220 e. The standard InChI is InChI=1S/C18H23NO2S/c1-14-10-11-16(22-14)8-5-9-18(21)19-17(12-13-20)15-6-3-2-4-7-15/h2-4,6-7,10-11,17,20H,5,8-9,12-13H2,1H3,(H,19,21). The number of aryl methyl sites for hydroxylation is 2. The Balaban J connectivity index is 1.81. The number of nitrogens with one attached hydrogen (secondary N) is 1. The second kappa shape index (κ2) is 8.71. The van der Waals surface area contributed by atoms with E-state index in [1.807, 2.05) is 30.3 Å². The molecule has 0 radical (unpaired) electrons. The SMILES string of the molecule is Cc1ccc(CCCC(=O)NC(CCO)c2ccccc2)s1. The second-order valence-corrected chi connectivity index (χ2v) is 6.78. The first-order chi connectivity index (χ1) is 10.7. The molecule has 0 aliphatic carbocycles. The molecule has 0 spiro atoms. The summed E-state index contributed by atoms with van der Waals surface area (Å²) in [6.07, 6.45) is 2.86. The van der Waals surface area contributed by atoms with Gasteiger partial charge in [0, 0.05) is 22.8 Å². The van der Waals surface area contributed by atoms with E-state index in [1.54, 1.807) is 11.3 Å². The molecule has 1 unspecified atom stereocenters. The van der Waals surface area contributed by atoms with Gasteiger partial charge in [-0.1, -0.05) is 30.3 Å². The number of carbonyl (C=O) groups is 1. The van der Waals surface area contributed by atoms with Crippen LogP contribution in [0.15, 0.2) is 42.5 Å². The van der Waals surface area contributed by atoms with E-state index >= 15 is 0 Å². The number of carbonyl (C=O) groups excluding carboxylic acids is 1. The Morgan fingerprint density at radius 2 is 2.00 bits per heavy atom. The fraction of sp³-hybridized carbons (Fsp3) is 0.389. The molecule has 22 heavy (non-hydrogen) atoms. The molecule has 4 heteroatoms. The number of aliphatic hydroxyl groups excluding tert-OH is 1. The van der Waals surface area contributed by atoms with Crippen molar-refractivity contribution < 1.29 is 9.90 Å². The van der Waals surface area contributed by atoms with Crippen LogP contribution in [0.4, 0.5) is 0 Å². The molecule has 2 N–H and O–H groups in total. The highest BCUT2D eigenvalue weighted by atomic mass is 32.1. The van der Waals surface area contributed by atoms with Gasteiger partial charge in [0.2, 0.25) is 5.91 Å². The van der Waals surface area contributed by atoms with Gasteiger partial charge in [0.1, 0.15) is 0 Å². The first-order valence-corrected chi connectivity index (χ1v) is 8.51. The summed E-state index contributed by atoms with van der Waals surface area (Å²) in [5, 5.41) is 12.2. The van der Waals surface area contributed by atoms with Gasteiger partial charge in [-0.2, -0.15) is 0 Å². The fourth-order valence-electron chi connectivity index (χ4n) is 2.45. The number of hydrogen-bond donors (Lipinski definition) is 2. The van der Waals surface area contributed by atoms with Gasteiger partial charge in [-0.25, -0.2) is 0 Å². The number of rotatable bonds is 8. The van der Waals surface area contributed by atoms with Crippen LogP contribution in [0.25, 0.3) is 0 Å². The Hall–Kier alpha value is -1.65. The third-order valence-electron chi connectivity index (χ3n) is 3.58. The molecule has 0 fully saturated rings. The van der Waals surface area contributed by atoms with E-state index in [0.717, 1.165) is 18.4 Å². The van der Waals surface area contributed by atoms with Crippen LogP contribution >= 0.6 is 11.3 Å². The lowest BCUT2D eigenvalue weighted by molar-refractivity contribution is -0.122. The van der Waals surface area contributed by atoms with Crippen molar-refractivity contribution in [3.63, 3.8) is 0 Å². The average molecular weight is 317 g/mol. The summed E-state index contributed by atoms with van der Waals surface area (Å²) in [6.45, 7) is 2.16. The van der Waals surface area contributed by atoms with E-state index in [9.17, 15) is 9.90 Å². The van der Waals surface area contributed by atoms with E-state index in [0.29, 0.717) is 12.8 Å². The van der Waals surface area contributed by atoms with Crippen LogP contribution in [0.3, 0.4) is 0 Å². The average Bonchev–Trinajstić information content (AvgIpc) is 2.93. The zero-order valence-electron chi connectivity index (χ0n) is 12.9. The monoisotopic (exact) mass is 317 g/mol. The predicted octanol–water partition coefficient (Wildman–Crippen LogP) is 3.62. The molecule has 1 atom stereocenters. The second-order valence-electron chi connectivity index (χ2n) is 5.41. The molecule has 0 saturated carbocycles. The fourth-order valence-corrected chi connectivity index (χ4v) is 3.38. The minimum atomic E-state index is -0.109. The summed E-state index contributed by atoms with van der Waals surface area (Å²) in [5.41, 5.74) is 1.04. The maximum absolute atomic E-state index is 12.1. The topological polar surface area (TPSA) is 49.3 Å². The molecule has 0 bridgehead atoms. The summed E-state index contributed by atoms with van der Waals surface area (Å²) >= 11 is 1.79. The lowest BCUT2D eigenvalue weighted by Gasteiger charge is -2.18. The van der Waals surface area contributed by atoms with E-state index in [-0.39, 0.29) is 18.6 Å². The minimum Gasteiger partial charge on any atom is -0.396 e. The molecule has 2 aromatic rings. The van der Waals surface area contributed by atoms with Gasteiger partial charge in [0.25, 0.3) is 0 Å². The van der Waals surface area contributed by atoms with Crippen molar-refractivity contribution in [1.82, 2.24) is 5.32 Å². The Bertz CT molecular complexity index is 580. The highest BCUT2D eigenvalue weighted by Gasteiger charge is 2.13. The zero-order chi connectivity index (χ0) is 15.8. The molecule has 3 nitrogen and oxygen atoms in total. The normalized spacial score (nSPS) is 12.1. The van der Waals surface area contributed by atoms with Gasteiger partial charge >= 0.3 is 0 Å². The van der Waals surface area contributed by atoms with Crippen LogP contribution in [0, 0.1) is 6.92 Å². The lowest BCUT2D eigenvalue weighted by Crippen LogP contribution is -2.29. The highest BCUT2D eigenvalue weighted by molar-refractivity contribution is 7.11. The highest BCUT2D eigenvalue weighted by Crippen LogP contribution is 2.18. The molecular weight excluding hydrogens is 294 g/mol. The van der Waals surface area contributed by atoms with Crippen LogP contribution in [0.2, 0.25) is 0 Å². The van der Waals surface area contributed by atoms with Crippen LogP contribution in [0.1, 0.15) is 40.6 Å². The van der Waals surface area contributed by atoms with Crippen molar-refractivity contribution in [3.8, 4) is 0 Å². The molecule has 0 saturated heterocycles. The van der Waals surface area contributed by atoms with Crippen LogP contribution in [-0.4, -0.2) is 17.6 Å². The van der Waals surface area contributed by atoms with Crippen molar-refractivity contribution in [2.75, 3.05) is 6.61 Å². The molecule has 1 heterocycles. The van der Waals surface area contributed by atoms with Crippen molar-refractivity contribution in [2.45, 2.75) is 38.6 Å². The van der Waals surface area contributed by atoms with Crippen molar-refractivity contribution >= 4 is 17.2 Å². The van der Waals surface area contributed by atoms with Gasteiger partial charge < -0.3 is 10.4 Å². The largest absolute Gasteiger partial charge is 0.396 e. The van der Waals surface area contributed by atoms with E-state index in [2.05, 4.69) is 24.4 Å². The van der Waals surface area contributed by atoms with Crippen LogP contribution in [-0.2, 0) is 11.2 Å². The first-order valence-electron chi connectivity index (χ1n) is 7.69. The molecule has 0 aliphatic rings. The van der Waals surface area contributed by atoms with Gasteiger partial charge in [0.15, 0.2) is 0 Å². The van der Waals surface area contributed by atoms with Crippen LogP contribution in [0.5, 0.6) is 0 Å². The third kappa shape index (κ3) is 5.28. The van der Waals surface area contributed by atoms with Gasteiger partial charge in [-0.15, -0.1) is 11.3 Å². The van der Waals surface area contributed by atoms with E-state index in [4.69, 9.17) is 0 Å². The smallest absolute Gasteiger partial charge is 0.220 e. The number of thiophene rings is 1. The Morgan fingerprint density at radius 3 is 2.64 bits per heavy atom. The Kier molecular flexibility index (Phi) is 6.62. The lowest BCUT2D eigenvalue weighted by atomic mass is 10.0. The zero-order valence-corrected chi connectivity index (χ0v) is 13.7. The molecule has 1 aromatic heterocycles. The minimum absolute atomic E-state index is 0.0515. The van der Waals surface area contributed by atoms with Gasteiger partial charge in [-0.05, 0) is 43.9 Å². The number of aliphatic hydroxyl groups is 1. The predicted molar refractivity (Wildman–Crippen MR) is 91.0 cm³/mol. The Morgan fingerprint density at radius 1 is 1.23 bits per heavy atom. The van der Waals surface area contributed by atoms with Gasteiger partial charge in [-0.3, -0.25) is 4.79 Å². The Labute approximate surface area is 136 Å². The number of amides is 1. The van der Waals surface area contributed by atoms with Crippen molar-refractivity contribution in [1.29, 1.82) is 0 Å². The maximum atomic E-state index is 12.1. The van der Waals surface area contributed by atoms with Crippen LogP contribution < -0.4 is 5.32 Å².